The average Bonchev–Trinajstić information content (AvgIpc) is 3.10. The molecule has 3 rings (SSSR count). The number of halogens is 1. The molecule has 2 aromatic rings. The highest BCUT2D eigenvalue weighted by atomic mass is 32.1. The fourth-order valence-electron chi connectivity index (χ4n) is 3.17. The number of piperidine rings is 1. The molecule has 142 valence electrons. The summed E-state index contributed by atoms with van der Waals surface area (Å²) >= 11 is 1.23. The normalized spacial score (nSPS) is 17.3. The highest BCUT2D eigenvalue weighted by Crippen LogP contribution is 2.31. The van der Waals surface area contributed by atoms with Gasteiger partial charge in [0.15, 0.2) is 5.13 Å². The number of thiazole rings is 1. The highest BCUT2D eigenvalue weighted by molar-refractivity contribution is 7.14. The first-order valence-corrected chi connectivity index (χ1v) is 9.85. The molecule has 1 unspecified atom stereocenters. The van der Waals surface area contributed by atoms with E-state index in [1.165, 1.54) is 41.4 Å². The number of carbonyl (C=O) groups is 2. The smallest absolute Gasteiger partial charge is 0.246 e. The first kappa shape index (κ1) is 19.2. The number of amides is 2. The van der Waals surface area contributed by atoms with Gasteiger partial charge in [-0.05, 0) is 44.4 Å². The largest absolute Gasteiger partial charge is 0.336 e. The molecule has 7 heteroatoms. The van der Waals surface area contributed by atoms with E-state index in [1.807, 2.05) is 4.90 Å². The Bertz CT molecular complexity index is 864. The van der Waals surface area contributed by atoms with E-state index in [9.17, 15) is 14.0 Å². The number of aromatic nitrogens is 1. The quantitative estimate of drug-likeness (QED) is 0.732. The lowest BCUT2D eigenvalue weighted by molar-refractivity contribution is -0.129. The van der Waals surface area contributed by atoms with Crippen LogP contribution in [0.1, 0.15) is 38.8 Å². The Balaban J connectivity index is 1.78. The maximum atomic E-state index is 14.1. The molecule has 1 fully saturated rings. The number of likely N-dealkylation sites (tertiary alicyclic amines) is 1. The van der Waals surface area contributed by atoms with Crippen molar-refractivity contribution in [3.63, 3.8) is 0 Å². The molecule has 1 aromatic carbocycles. The second-order valence-corrected chi connectivity index (χ2v) is 7.41. The van der Waals surface area contributed by atoms with Crippen LogP contribution in [0.2, 0.25) is 0 Å². The third kappa shape index (κ3) is 4.42. The number of benzene rings is 1. The van der Waals surface area contributed by atoms with E-state index in [0.29, 0.717) is 10.8 Å². The Morgan fingerprint density at radius 3 is 2.81 bits per heavy atom. The molecule has 5 nitrogen and oxygen atoms in total. The second kappa shape index (κ2) is 8.43. The summed E-state index contributed by atoms with van der Waals surface area (Å²) in [5.41, 5.74) is 0.726. The molecule has 0 saturated carbocycles. The van der Waals surface area contributed by atoms with Crippen LogP contribution in [-0.4, -0.2) is 34.3 Å². The van der Waals surface area contributed by atoms with Gasteiger partial charge in [-0.1, -0.05) is 12.1 Å². The molecule has 0 bridgehead atoms. The molecular weight excluding hydrogens is 365 g/mol. The van der Waals surface area contributed by atoms with Crippen molar-refractivity contribution >= 4 is 40.0 Å². The Labute approximate surface area is 162 Å². The summed E-state index contributed by atoms with van der Waals surface area (Å²) in [5.74, 6) is -0.855. The SMILES string of the molecule is CC(=O)N(c1nc(C=CC(=O)N2CCCCC2C)cs1)c1ccccc1F. The van der Waals surface area contributed by atoms with Crippen LogP contribution in [0.5, 0.6) is 0 Å². The standard InChI is InChI=1S/C20H22FN3O2S/c1-14-7-5-6-12-23(14)19(26)11-10-16-13-27-20(22-16)24(15(2)25)18-9-4-3-8-17(18)21/h3-4,8-11,13-14H,5-7,12H2,1-2H3. The molecule has 0 N–H and O–H groups in total. The van der Waals surface area contributed by atoms with E-state index < -0.39 is 5.82 Å². The molecular formula is C20H22FN3O2S. The van der Waals surface area contributed by atoms with E-state index in [4.69, 9.17) is 0 Å². The van der Waals surface area contributed by atoms with Gasteiger partial charge in [-0.15, -0.1) is 11.3 Å². The van der Waals surface area contributed by atoms with Crippen molar-refractivity contribution in [3.05, 3.63) is 47.2 Å². The van der Waals surface area contributed by atoms with Crippen LogP contribution < -0.4 is 4.90 Å². The fourth-order valence-corrected chi connectivity index (χ4v) is 4.02. The number of hydrogen-bond acceptors (Lipinski definition) is 4. The zero-order chi connectivity index (χ0) is 19.4. The molecule has 2 heterocycles. The maximum Gasteiger partial charge on any atom is 0.246 e. The topological polar surface area (TPSA) is 53.5 Å². The minimum Gasteiger partial charge on any atom is -0.336 e. The predicted molar refractivity (Wildman–Crippen MR) is 105 cm³/mol. The molecule has 1 aliphatic heterocycles. The van der Waals surface area contributed by atoms with E-state index in [1.54, 1.807) is 23.6 Å². The molecule has 1 aliphatic rings. The van der Waals surface area contributed by atoms with E-state index >= 15 is 0 Å². The minimum atomic E-state index is -0.491. The van der Waals surface area contributed by atoms with Gasteiger partial charge in [0, 0.05) is 31.0 Å². The monoisotopic (exact) mass is 387 g/mol. The molecule has 0 spiro atoms. The third-order valence-electron chi connectivity index (χ3n) is 4.59. The lowest BCUT2D eigenvalue weighted by Gasteiger charge is -2.32. The van der Waals surface area contributed by atoms with Crippen LogP contribution in [0, 0.1) is 5.82 Å². The molecule has 0 radical (unpaired) electrons. The summed E-state index contributed by atoms with van der Waals surface area (Å²) in [6.07, 6.45) is 6.36. The molecule has 27 heavy (non-hydrogen) atoms. The summed E-state index contributed by atoms with van der Waals surface area (Å²) in [4.78, 5) is 32.0. The van der Waals surface area contributed by atoms with E-state index in [2.05, 4.69) is 11.9 Å². The highest BCUT2D eigenvalue weighted by Gasteiger charge is 2.22. The first-order chi connectivity index (χ1) is 13.0. The summed E-state index contributed by atoms with van der Waals surface area (Å²) in [5, 5.41) is 2.11. The van der Waals surface area contributed by atoms with Gasteiger partial charge in [0.2, 0.25) is 11.8 Å². The maximum absolute atomic E-state index is 14.1. The van der Waals surface area contributed by atoms with Gasteiger partial charge in [0.05, 0.1) is 11.4 Å². The van der Waals surface area contributed by atoms with Crippen LogP contribution >= 0.6 is 11.3 Å². The van der Waals surface area contributed by atoms with Gasteiger partial charge < -0.3 is 4.90 Å². The van der Waals surface area contributed by atoms with Gasteiger partial charge in [0.1, 0.15) is 5.82 Å². The molecule has 1 atom stereocenters. The lowest BCUT2D eigenvalue weighted by Crippen LogP contribution is -2.41. The van der Waals surface area contributed by atoms with Crippen LogP contribution in [0.4, 0.5) is 15.2 Å². The number of para-hydroxylation sites is 1. The van der Waals surface area contributed by atoms with Gasteiger partial charge >= 0.3 is 0 Å². The number of carbonyl (C=O) groups excluding carboxylic acids is 2. The van der Waals surface area contributed by atoms with Crippen molar-refractivity contribution in [3.8, 4) is 0 Å². The van der Waals surface area contributed by atoms with Gasteiger partial charge in [0.25, 0.3) is 0 Å². The van der Waals surface area contributed by atoms with Crippen LogP contribution in [0.3, 0.4) is 0 Å². The Morgan fingerprint density at radius 2 is 2.11 bits per heavy atom. The zero-order valence-electron chi connectivity index (χ0n) is 15.4. The predicted octanol–water partition coefficient (Wildman–Crippen LogP) is 4.38. The van der Waals surface area contributed by atoms with Crippen molar-refractivity contribution in [1.29, 1.82) is 0 Å². The van der Waals surface area contributed by atoms with E-state index in [-0.39, 0.29) is 23.5 Å². The summed E-state index contributed by atoms with van der Waals surface area (Å²) in [7, 11) is 0. The van der Waals surface area contributed by atoms with Crippen molar-refractivity contribution in [2.45, 2.75) is 39.2 Å². The van der Waals surface area contributed by atoms with E-state index in [0.717, 1.165) is 25.8 Å². The third-order valence-corrected chi connectivity index (χ3v) is 5.44. The van der Waals surface area contributed by atoms with Crippen molar-refractivity contribution in [2.75, 3.05) is 11.4 Å². The van der Waals surface area contributed by atoms with Gasteiger partial charge in [-0.3, -0.25) is 14.5 Å². The van der Waals surface area contributed by atoms with Crippen LogP contribution in [0.25, 0.3) is 6.08 Å². The van der Waals surface area contributed by atoms with Gasteiger partial charge in [-0.2, -0.15) is 0 Å². The van der Waals surface area contributed by atoms with Crippen LogP contribution in [-0.2, 0) is 9.59 Å². The first-order valence-electron chi connectivity index (χ1n) is 8.97. The molecule has 1 saturated heterocycles. The minimum absolute atomic E-state index is 0.0331. The summed E-state index contributed by atoms with van der Waals surface area (Å²) in [6, 6.07) is 6.32. The zero-order valence-corrected chi connectivity index (χ0v) is 16.2. The lowest BCUT2D eigenvalue weighted by atomic mass is 10.0. The van der Waals surface area contributed by atoms with Crippen molar-refractivity contribution in [2.24, 2.45) is 0 Å². The molecule has 1 aromatic heterocycles. The molecule has 0 aliphatic carbocycles. The van der Waals surface area contributed by atoms with Crippen molar-refractivity contribution < 1.29 is 14.0 Å². The van der Waals surface area contributed by atoms with Crippen LogP contribution in [0.15, 0.2) is 35.7 Å². The summed E-state index contributed by atoms with van der Waals surface area (Å²) < 4.78 is 14.1. The summed E-state index contributed by atoms with van der Waals surface area (Å²) in [6.45, 7) is 4.20. The fraction of sp³-hybridized carbons (Fsp3) is 0.350. The Kier molecular flexibility index (Phi) is 6.01. The number of hydrogen-bond donors (Lipinski definition) is 0. The van der Waals surface area contributed by atoms with Gasteiger partial charge in [-0.25, -0.2) is 9.37 Å². The average molecular weight is 387 g/mol. The number of anilines is 2. The second-order valence-electron chi connectivity index (χ2n) is 6.57. The number of nitrogens with zero attached hydrogens (tertiary/aromatic N) is 3. The number of rotatable bonds is 4. The Morgan fingerprint density at radius 1 is 1.33 bits per heavy atom. The molecule has 2 amide bonds. The Hall–Kier alpha value is -2.54. The van der Waals surface area contributed by atoms with Crippen molar-refractivity contribution in [1.82, 2.24) is 9.88 Å².